The van der Waals surface area contributed by atoms with E-state index in [0.717, 1.165) is 34.1 Å². The third-order valence-corrected chi connectivity index (χ3v) is 6.68. The number of rotatable bonds is 5. The lowest BCUT2D eigenvalue weighted by molar-refractivity contribution is -0.117. The zero-order valence-electron chi connectivity index (χ0n) is 18.5. The first kappa shape index (κ1) is 21.3. The van der Waals surface area contributed by atoms with Gasteiger partial charge in [-0.3, -0.25) is 14.3 Å². The molecule has 1 aromatic heterocycles. The van der Waals surface area contributed by atoms with Crippen molar-refractivity contribution in [3.05, 3.63) is 95.8 Å². The zero-order chi connectivity index (χ0) is 22.8. The van der Waals surface area contributed by atoms with Crippen LogP contribution in [0, 0.1) is 13.8 Å². The first-order chi connectivity index (χ1) is 16.1. The number of hydrogen-bond donors (Lipinski definition) is 0. The minimum atomic E-state index is -0.190. The summed E-state index contributed by atoms with van der Waals surface area (Å²) < 4.78 is 8.01. The van der Waals surface area contributed by atoms with Crippen LogP contribution in [0.4, 0.5) is 5.69 Å². The van der Waals surface area contributed by atoms with Gasteiger partial charge >= 0.3 is 0 Å². The predicted molar refractivity (Wildman–Crippen MR) is 130 cm³/mol. The maximum atomic E-state index is 13.6. The van der Waals surface area contributed by atoms with Gasteiger partial charge in [-0.2, -0.15) is 0 Å². The van der Waals surface area contributed by atoms with Crippen molar-refractivity contribution in [3.63, 3.8) is 0 Å². The molecule has 33 heavy (non-hydrogen) atoms. The van der Waals surface area contributed by atoms with E-state index < -0.39 is 0 Å². The maximum Gasteiger partial charge on any atom is 0.238 e. The van der Waals surface area contributed by atoms with Crippen LogP contribution in [0.2, 0.25) is 0 Å². The van der Waals surface area contributed by atoms with E-state index in [1.165, 1.54) is 11.8 Å². The van der Waals surface area contributed by atoms with E-state index >= 15 is 0 Å². The van der Waals surface area contributed by atoms with E-state index in [0.29, 0.717) is 11.8 Å². The third-order valence-electron chi connectivity index (χ3n) is 5.76. The molecular weight excluding hydrogens is 432 g/mol. The third kappa shape index (κ3) is 4.12. The summed E-state index contributed by atoms with van der Waals surface area (Å²) in [6.07, 6.45) is 0. The Morgan fingerprint density at radius 3 is 2.42 bits per heavy atom. The summed E-state index contributed by atoms with van der Waals surface area (Å²) >= 11 is 1.40. The molecule has 1 aliphatic rings. The molecular formula is C26H24N4O2S. The van der Waals surface area contributed by atoms with Crippen LogP contribution in [0.3, 0.4) is 0 Å². The molecule has 7 heteroatoms. The fourth-order valence-corrected chi connectivity index (χ4v) is 4.99. The molecule has 1 unspecified atom stereocenters. The molecule has 1 aliphatic heterocycles. The first-order valence-corrected chi connectivity index (χ1v) is 11.8. The number of thioether (sulfide) groups is 1. The summed E-state index contributed by atoms with van der Waals surface area (Å²) in [5, 5.41) is 9.32. The predicted octanol–water partition coefficient (Wildman–Crippen LogP) is 5.14. The molecule has 2 heterocycles. The lowest BCUT2D eigenvalue weighted by Crippen LogP contribution is -2.42. The van der Waals surface area contributed by atoms with Crippen molar-refractivity contribution in [3.8, 4) is 11.4 Å². The molecule has 0 radical (unpaired) electrons. The average molecular weight is 457 g/mol. The molecule has 4 aromatic rings. The normalized spacial score (nSPS) is 15.1. The van der Waals surface area contributed by atoms with Crippen LogP contribution in [-0.2, 0) is 4.79 Å². The Kier molecular flexibility index (Phi) is 5.88. The molecule has 6 nitrogen and oxygen atoms in total. The average Bonchev–Trinajstić information content (AvgIpc) is 3.22. The highest BCUT2D eigenvalue weighted by Crippen LogP contribution is 2.40. The molecule has 1 atom stereocenters. The Morgan fingerprint density at radius 2 is 1.64 bits per heavy atom. The number of aromatic nitrogens is 3. The van der Waals surface area contributed by atoms with Crippen molar-refractivity contribution < 1.29 is 9.53 Å². The van der Waals surface area contributed by atoms with Gasteiger partial charge in [0.2, 0.25) is 5.91 Å². The molecule has 0 bridgehead atoms. The number of ether oxygens (including phenoxy) is 1. The van der Waals surface area contributed by atoms with Crippen LogP contribution >= 0.6 is 11.8 Å². The summed E-state index contributed by atoms with van der Waals surface area (Å²) in [7, 11) is 0. The largest absolute Gasteiger partial charge is 0.489 e. The van der Waals surface area contributed by atoms with Gasteiger partial charge in [-0.1, -0.05) is 72.4 Å². The van der Waals surface area contributed by atoms with Crippen LogP contribution in [-0.4, -0.2) is 33.0 Å². The topological polar surface area (TPSA) is 60.2 Å². The summed E-state index contributed by atoms with van der Waals surface area (Å²) in [6.45, 7) is 4.40. The number of aryl methyl sites for hydroxylation is 2. The summed E-state index contributed by atoms with van der Waals surface area (Å²) in [5.74, 6) is 1.75. The van der Waals surface area contributed by atoms with Crippen molar-refractivity contribution in [2.45, 2.75) is 25.0 Å². The van der Waals surface area contributed by atoms with E-state index in [9.17, 15) is 4.79 Å². The van der Waals surface area contributed by atoms with E-state index in [-0.39, 0.29) is 17.7 Å². The molecule has 0 N–H and O–H groups in total. The second-order valence-electron chi connectivity index (χ2n) is 7.91. The quantitative estimate of drug-likeness (QED) is 0.389. The van der Waals surface area contributed by atoms with E-state index in [4.69, 9.17) is 4.74 Å². The number of anilines is 1. The molecule has 1 amide bonds. The Bertz CT molecular complexity index is 1290. The van der Waals surface area contributed by atoms with Crippen LogP contribution in [0.25, 0.3) is 5.69 Å². The van der Waals surface area contributed by atoms with Crippen LogP contribution < -0.4 is 9.64 Å². The standard InChI is InChI=1S/C26H24N4O2S/c1-18-10-6-7-13-21(18)29-19(2)27-28-26(29)33-17-25(31)30-22-14-8-9-15-24(22)32-16-23(30)20-11-4-3-5-12-20/h3-15,23H,16-17H2,1-2H3. The molecule has 0 spiro atoms. The minimum Gasteiger partial charge on any atom is -0.489 e. The molecule has 5 rings (SSSR count). The number of para-hydroxylation sites is 3. The fraction of sp³-hybridized carbons (Fsp3) is 0.192. The second-order valence-corrected chi connectivity index (χ2v) is 8.85. The number of carbonyl (C=O) groups excluding carboxylic acids is 1. The second kappa shape index (κ2) is 9.11. The monoisotopic (exact) mass is 456 g/mol. The Morgan fingerprint density at radius 1 is 0.939 bits per heavy atom. The summed E-state index contributed by atoms with van der Waals surface area (Å²) in [6, 6.07) is 25.6. The summed E-state index contributed by atoms with van der Waals surface area (Å²) in [5.41, 5.74) is 3.98. The van der Waals surface area contributed by atoms with Gasteiger partial charge < -0.3 is 4.74 Å². The lowest BCUT2D eigenvalue weighted by atomic mass is 10.0. The molecule has 166 valence electrons. The van der Waals surface area contributed by atoms with E-state index in [2.05, 4.69) is 23.2 Å². The van der Waals surface area contributed by atoms with Gasteiger partial charge in [-0.25, -0.2) is 0 Å². The number of hydrogen-bond acceptors (Lipinski definition) is 5. The van der Waals surface area contributed by atoms with Crippen molar-refractivity contribution >= 4 is 23.4 Å². The smallest absolute Gasteiger partial charge is 0.238 e. The van der Waals surface area contributed by atoms with Crippen molar-refractivity contribution in [1.29, 1.82) is 0 Å². The van der Waals surface area contributed by atoms with Gasteiger partial charge in [0.05, 0.1) is 23.2 Å². The van der Waals surface area contributed by atoms with Gasteiger partial charge in [0.1, 0.15) is 18.2 Å². The van der Waals surface area contributed by atoms with Crippen LogP contribution in [0.5, 0.6) is 5.75 Å². The van der Waals surface area contributed by atoms with E-state index in [1.807, 2.05) is 89.2 Å². The number of fused-ring (bicyclic) bond motifs is 1. The van der Waals surface area contributed by atoms with E-state index in [1.54, 1.807) is 0 Å². The highest BCUT2D eigenvalue weighted by Gasteiger charge is 2.33. The summed E-state index contributed by atoms with van der Waals surface area (Å²) in [4.78, 5) is 15.5. The first-order valence-electron chi connectivity index (χ1n) is 10.8. The zero-order valence-corrected chi connectivity index (χ0v) is 19.3. The van der Waals surface area contributed by atoms with Crippen LogP contribution in [0.1, 0.15) is 23.0 Å². The van der Waals surface area contributed by atoms with Gasteiger partial charge in [-0.15, -0.1) is 10.2 Å². The lowest BCUT2D eigenvalue weighted by Gasteiger charge is -2.37. The highest BCUT2D eigenvalue weighted by atomic mass is 32.2. The minimum absolute atomic E-state index is 0.00147. The Hall–Kier alpha value is -3.58. The fourth-order valence-electron chi connectivity index (χ4n) is 4.14. The van der Waals surface area contributed by atoms with Crippen LogP contribution in [0.15, 0.2) is 84.0 Å². The SMILES string of the molecule is Cc1ccccc1-n1c(C)nnc1SCC(=O)N1c2ccccc2OCC1c1ccccc1. The van der Waals surface area contributed by atoms with Gasteiger partial charge in [0, 0.05) is 0 Å². The Balaban J connectivity index is 1.44. The molecule has 3 aromatic carbocycles. The molecule has 0 saturated heterocycles. The van der Waals surface area contributed by atoms with Crippen molar-refractivity contribution in [1.82, 2.24) is 14.8 Å². The Labute approximate surface area is 197 Å². The molecule has 0 aliphatic carbocycles. The van der Waals surface area contributed by atoms with Crippen molar-refractivity contribution in [2.24, 2.45) is 0 Å². The number of amides is 1. The molecule has 0 fully saturated rings. The number of carbonyl (C=O) groups is 1. The maximum absolute atomic E-state index is 13.6. The number of benzene rings is 3. The molecule has 0 saturated carbocycles. The van der Waals surface area contributed by atoms with Gasteiger partial charge in [-0.05, 0) is 43.2 Å². The van der Waals surface area contributed by atoms with Gasteiger partial charge in [0.25, 0.3) is 0 Å². The highest BCUT2D eigenvalue weighted by molar-refractivity contribution is 7.99. The number of nitrogens with zero attached hydrogens (tertiary/aromatic N) is 4. The van der Waals surface area contributed by atoms with Crippen molar-refractivity contribution in [2.75, 3.05) is 17.3 Å². The van der Waals surface area contributed by atoms with Gasteiger partial charge in [0.15, 0.2) is 5.16 Å².